The first-order chi connectivity index (χ1) is 18.2. The number of amides is 1. The summed E-state index contributed by atoms with van der Waals surface area (Å²) < 4.78 is 5.42. The Bertz CT molecular complexity index is 1290. The number of carbonyl (C=O) groups is 1. The lowest BCUT2D eigenvalue weighted by Crippen LogP contribution is -2.46. The maximum atomic E-state index is 12.2. The van der Waals surface area contributed by atoms with Crippen LogP contribution in [0.5, 0.6) is 0 Å². The molecular weight excluding hydrogens is 480 g/mol. The number of alkyl carbamates (subject to hydrolysis) is 1. The van der Waals surface area contributed by atoms with Gasteiger partial charge >= 0.3 is 6.09 Å². The molecule has 10 heteroatoms. The summed E-state index contributed by atoms with van der Waals surface area (Å²) >= 11 is 0. The van der Waals surface area contributed by atoms with Crippen molar-refractivity contribution in [2.24, 2.45) is 0 Å². The number of piperidine rings is 1. The molecule has 1 saturated heterocycles. The summed E-state index contributed by atoms with van der Waals surface area (Å²) in [6.07, 6.45) is 7.51. The van der Waals surface area contributed by atoms with Crippen molar-refractivity contribution in [3.05, 3.63) is 53.7 Å². The maximum Gasteiger partial charge on any atom is 0.407 e. The van der Waals surface area contributed by atoms with E-state index in [0.29, 0.717) is 11.6 Å². The van der Waals surface area contributed by atoms with Crippen LogP contribution in [-0.2, 0) is 11.2 Å². The van der Waals surface area contributed by atoms with Crippen LogP contribution < -0.4 is 15.1 Å². The van der Waals surface area contributed by atoms with Crippen molar-refractivity contribution in [3.63, 3.8) is 0 Å². The van der Waals surface area contributed by atoms with E-state index in [1.165, 1.54) is 0 Å². The topological polar surface area (TPSA) is 109 Å². The minimum atomic E-state index is -0.493. The first-order valence-electron chi connectivity index (χ1n) is 13.3. The number of anilines is 2. The number of carbonyl (C=O) groups excluding carboxylic acids is 1. The molecule has 0 bridgehead atoms. The van der Waals surface area contributed by atoms with E-state index >= 15 is 0 Å². The summed E-state index contributed by atoms with van der Waals surface area (Å²) in [6, 6.07) is 6.32. The van der Waals surface area contributed by atoms with E-state index in [1.807, 2.05) is 33.9 Å². The Balaban J connectivity index is 1.27. The molecule has 2 aliphatic heterocycles. The average molecular weight is 517 g/mol. The second-order valence-corrected chi connectivity index (χ2v) is 11.0. The summed E-state index contributed by atoms with van der Waals surface area (Å²) in [5.74, 6) is 2.06. The quantitative estimate of drug-likeness (QED) is 0.544. The zero-order valence-corrected chi connectivity index (χ0v) is 22.8. The van der Waals surface area contributed by atoms with Crippen LogP contribution in [0.25, 0.3) is 11.6 Å². The number of aryl methyl sites for hydroxylation is 1. The lowest BCUT2D eigenvalue weighted by atomic mass is 9.99. The van der Waals surface area contributed by atoms with Gasteiger partial charge in [0.2, 0.25) is 0 Å². The maximum absolute atomic E-state index is 12.2. The molecular formula is C28H36N8O2. The summed E-state index contributed by atoms with van der Waals surface area (Å²) in [4.78, 5) is 39.7. The molecule has 200 valence electrons. The predicted octanol–water partition coefficient (Wildman–Crippen LogP) is 4.25. The van der Waals surface area contributed by atoms with Crippen LogP contribution in [0.15, 0.2) is 36.8 Å². The highest BCUT2D eigenvalue weighted by Gasteiger charge is 2.29. The number of hydrogen-bond donors (Lipinski definition) is 1. The molecule has 2 aliphatic rings. The standard InChI is InChI=1S/C28H36N8O2/c1-18-15-21(35-12-7-20(8-13-35)33-27(37)38-28(3,4)5)16-24(32-18)36-14-9-23-22(19(36)2)17-31-26(34-23)25-29-10-6-11-30-25/h6,10-11,15-17,19-20H,7-9,12-14H2,1-5H3,(H,33,37). The Morgan fingerprint density at radius 1 is 1.03 bits per heavy atom. The van der Waals surface area contributed by atoms with Crippen LogP contribution in [0.1, 0.15) is 63.5 Å². The van der Waals surface area contributed by atoms with E-state index in [0.717, 1.165) is 67.4 Å². The molecule has 0 radical (unpaired) electrons. The van der Waals surface area contributed by atoms with Gasteiger partial charge in [0.15, 0.2) is 11.6 Å². The van der Waals surface area contributed by atoms with Crippen LogP contribution in [0.3, 0.4) is 0 Å². The van der Waals surface area contributed by atoms with Gasteiger partial charge in [0, 0.05) is 73.7 Å². The van der Waals surface area contributed by atoms with Gasteiger partial charge in [-0.2, -0.15) is 0 Å². The minimum Gasteiger partial charge on any atom is -0.444 e. The highest BCUT2D eigenvalue weighted by Crippen LogP contribution is 2.34. The molecule has 3 aromatic rings. The number of ether oxygens (including phenoxy) is 1. The monoisotopic (exact) mass is 516 g/mol. The molecule has 1 N–H and O–H groups in total. The average Bonchev–Trinajstić information content (AvgIpc) is 2.88. The third-order valence-corrected chi connectivity index (χ3v) is 6.97. The number of aromatic nitrogens is 5. The summed E-state index contributed by atoms with van der Waals surface area (Å²) in [7, 11) is 0. The van der Waals surface area contributed by atoms with E-state index < -0.39 is 5.60 Å². The Morgan fingerprint density at radius 3 is 2.47 bits per heavy atom. The Morgan fingerprint density at radius 2 is 1.76 bits per heavy atom. The smallest absolute Gasteiger partial charge is 0.407 e. The van der Waals surface area contributed by atoms with Crippen molar-refractivity contribution in [1.82, 2.24) is 30.2 Å². The van der Waals surface area contributed by atoms with E-state index in [9.17, 15) is 4.79 Å². The second-order valence-electron chi connectivity index (χ2n) is 11.0. The van der Waals surface area contributed by atoms with E-state index in [4.69, 9.17) is 14.7 Å². The highest BCUT2D eigenvalue weighted by molar-refractivity contribution is 5.68. The van der Waals surface area contributed by atoms with Crippen LogP contribution in [0, 0.1) is 6.92 Å². The molecule has 5 heterocycles. The molecule has 1 atom stereocenters. The minimum absolute atomic E-state index is 0.0930. The summed E-state index contributed by atoms with van der Waals surface area (Å²) in [6.45, 7) is 12.4. The molecule has 1 fully saturated rings. The van der Waals surface area contributed by atoms with Gasteiger partial charge in [-0.15, -0.1) is 0 Å². The Hall–Kier alpha value is -3.82. The molecule has 0 saturated carbocycles. The highest BCUT2D eigenvalue weighted by atomic mass is 16.6. The van der Waals surface area contributed by atoms with Gasteiger partial charge in [0.1, 0.15) is 11.4 Å². The molecule has 0 spiro atoms. The fourth-order valence-electron chi connectivity index (χ4n) is 5.12. The number of pyridine rings is 1. The number of hydrogen-bond acceptors (Lipinski definition) is 9. The van der Waals surface area contributed by atoms with E-state index in [-0.39, 0.29) is 18.2 Å². The molecule has 1 amide bonds. The van der Waals surface area contributed by atoms with Gasteiger partial charge in [-0.25, -0.2) is 29.7 Å². The normalized spacial score (nSPS) is 18.2. The summed E-state index contributed by atoms with van der Waals surface area (Å²) in [5, 5.41) is 3.02. The van der Waals surface area contributed by atoms with Crippen molar-refractivity contribution in [2.45, 2.75) is 71.6 Å². The van der Waals surface area contributed by atoms with E-state index in [2.05, 4.69) is 49.1 Å². The third-order valence-electron chi connectivity index (χ3n) is 6.97. The van der Waals surface area contributed by atoms with Crippen molar-refractivity contribution >= 4 is 17.6 Å². The fourth-order valence-corrected chi connectivity index (χ4v) is 5.12. The molecule has 38 heavy (non-hydrogen) atoms. The lowest BCUT2D eigenvalue weighted by molar-refractivity contribution is 0.0497. The van der Waals surface area contributed by atoms with Gasteiger partial charge in [0.25, 0.3) is 0 Å². The largest absolute Gasteiger partial charge is 0.444 e. The fraction of sp³-hybridized carbons (Fsp3) is 0.500. The number of nitrogens with one attached hydrogen (secondary N) is 1. The van der Waals surface area contributed by atoms with Crippen LogP contribution in [-0.4, -0.2) is 62.3 Å². The lowest BCUT2D eigenvalue weighted by Gasteiger charge is -2.37. The van der Waals surface area contributed by atoms with Gasteiger partial charge in [0.05, 0.1) is 11.7 Å². The van der Waals surface area contributed by atoms with Gasteiger partial charge < -0.3 is 19.9 Å². The third kappa shape index (κ3) is 5.84. The SMILES string of the molecule is Cc1cc(N2CCC(NC(=O)OC(C)(C)C)CC2)cc(N2CCc3nc(-c4ncccn4)ncc3C2C)n1. The zero-order chi connectivity index (χ0) is 26.9. The van der Waals surface area contributed by atoms with Crippen molar-refractivity contribution in [3.8, 4) is 11.6 Å². The van der Waals surface area contributed by atoms with Crippen molar-refractivity contribution < 1.29 is 9.53 Å². The predicted molar refractivity (Wildman–Crippen MR) is 146 cm³/mol. The van der Waals surface area contributed by atoms with Gasteiger partial charge in [-0.3, -0.25) is 0 Å². The number of nitrogens with zero attached hydrogens (tertiary/aromatic N) is 7. The van der Waals surface area contributed by atoms with Crippen LogP contribution in [0.4, 0.5) is 16.3 Å². The van der Waals surface area contributed by atoms with Gasteiger partial charge in [-0.05, 0) is 59.6 Å². The molecule has 10 nitrogen and oxygen atoms in total. The first-order valence-corrected chi connectivity index (χ1v) is 13.3. The first kappa shape index (κ1) is 25.8. The summed E-state index contributed by atoms with van der Waals surface area (Å²) in [5.41, 5.74) is 3.80. The Kier molecular flexibility index (Phi) is 7.14. The zero-order valence-electron chi connectivity index (χ0n) is 22.8. The molecule has 0 aromatic carbocycles. The molecule has 0 aliphatic carbocycles. The van der Waals surface area contributed by atoms with Crippen LogP contribution in [0.2, 0.25) is 0 Å². The van der Waals surface area contributed by atoms with Crippen LogP contribution >= 0.6 is 0 Å². The molecule has 5 rings (SSSR count). The Labute approximate surface area is 223 Å². The second kappa shape index (κ2) is 10.5. The van der Waals surface area contributed by atoms with Gasteiger partial charge in [-0.1, -0.05) is 0 Å². The number of fused-ring (bicyclic) bond motifs is 1. The molecule has 3 aromatic heterocycles. The van der Waals surface area contributed by atoms with E-state index in [1.54, 1.807) is 18.5 Å². The van der Waals surface area contributed by atoms with Crippen molar-refractivity contribution in [2.75, 3.05) is 29.4 Å². The van der Waals surface area contributed by atoms with Crippen molar-refractivity contribution in [1.29, 1.82) is 0 Å². The number of rotatable bonds is 4. The molecule has 1 unspecified atom stereocenters.